The Hall–Kier alpha value is -3.90. The summed E-state index contributed by atoms with van der Waals surface area (Å²) in [6, 6.07) is 4.78. The summed E-state index contributed by atoms with van der Waals surface area (Å²) < 4.78 is 43.0. The molecule has 5 aliphatic heterocycles. The first-order valence-corrected chi connectivity index (χ1v) is 18.6. The Labute approximate surface area is 303 Å². The van der Waals surface area contributed by atoms with E-state index < -0.39 is 23.5 Å². The summed E-state index contributed by atoms with van der Waals surface area (Å²) in [5, 5.41) is 3.55. The summed E-state index contributed by atoms with van der Waals surface area (Å²) in [6.45, 7) is 5.33. The van der Waals surface area contributed by atoms with Crippen LogP contribution in [0.25, 0.3) is 32.2 Å². The lowest BCUT2D eigenvalue weighted by Crippen LogP contribution is -2.53. The van der Waals surface area contributed by atoms with E-state index in [2.05, 4.69) is 38.0 Å². The standard InChI is InChI=1S/C22H17ClF2N6O2S.C7H12FN.C3H6.C2H5N.C2H2/c23-13-5-12-17(16(25)15(13)11-3-4-14(24)19-18(11)27-21(26)34-19)28-22(33)29-20(12)30-6-9-1-2-10(7-30)31(9)8-32;8-6-4-7-2-1-3-9(7)5-6;2*1-2-3-1;1-2/h3-5,8-10H,1-2,6-7H2,(H2,26,27)(H,28,29,33);6-7H,1-5H2;1-3H2;3H,1-2H2;1-2H/t;6-,7?;;;/m.1.../s1. The summed E-state index contributed by atoms with van der Waals surface area (Å²) in [7, 11) is 0. The molecule has 272 valence electrons. The molecule has 4 atom stereocenters. The van der Waals surface area contributed by atoms with E-state index in [1.807, 2.05) is 4.90 Å². The lowest BCUT2D eigenvalue weighted by molar-refractivity contribution is -0.121. The van der Waals surface area contributed by atoms with Crippen LogP contribution in [0.2, 0.25) is 5.02 Å². The number of nitrogen functional groups attached to an aromatic ring is 1. The van der Waals surface area contributed by atoms with Crippen molar-refractivity contribution in [3.63, 3.8) is 0 Å². The highest BCUT2D eigenvalue weighted by atomic mass is 35.5. The number of hydrogen-bond acceptors (Lipinski definition) is 9. The number of terminal acetylenes is 1. The summed E-state index contributed by atoms with van der Waals surface area (Å²) >= 11 is 7.53. The molecule has 1 amide bonds. The second kappa shape index (κ2) is 16.2. The predicted octanol–water partition coefficient (Wildman–Crippen LogP) is 5.72. The lowest BCUT2D eigenvalue weighted by atomic mass is 10.0. The third kappa shape index (κ3) is 8.27. The third-order valence-electron chi connectivity index (χ3n) is 9.70. The van der Waals surface area contributed by atoms with Gasteiger partial charge in [0.2, 0.25) is 6.41 Å². The van der Waals surface area contributed by atoms with E-state index in [-0.39, 0.29) is 49.1 Å². The van der Waals surface area contributed by atoms with Crippen LogP contribution in [0.3, 0.4) is 0 Å². The smallest absolute Gasteiger partial charge is 0.347 e. The molecule has 10 nitrogen and oxygen atoms in total. The molecule has 0 radical (unpaired) electrons. The minimum atomic E-state index is -0.766. The van der Waals surface area contributed by atoms with Crippen molar-refractivity contribution in [2.45, 2.75) is 75.7 Å². The minimum absolute atomic E-state index is 0.00889. The maximum Gasteiger partial charge on any atom is 0.347 e. The number of nitrogens with one attached hydrogen (secondary N) is 2. The molecule has 2 bridgehead atoms. The van der Waals surface area contributed by atoms with Crippen molar-refractivity contribution in [1.82, 2.24) is 30.1 Å². The number of rotatable bonds is 3. The summed E-state index contributed by atoms with van der Waals surface area (Å²) in [5.74, 6) is -0.970. The number of anilines is 2. The predicted molar refractivity (Wildman–Crippen MR) is 198 cm³/mol. The zero-order chi connectivity index (χ0) is 36.2. The fourth-order valence-corrected chi connectivity index (χ4v) is 8.26. The number of alkyl halides is 1. The van der Waals surface area contributed by atoms with Crippen LogP contribution in [-0.4, -0.2) is 94.7 Å². The number of H-pyrrole nitrogens is 1. The van der Waals surface area contributed by atoms with E-state index in [4.69, 9.17) is 17.3 Å². The Morgan fingerprint density at radius 3 is 2.29 bits per heavy atom. The molecule has 2 aromatic carbocycles. The van der Waals surface area contributed by atoms with Crippen molar-refractivity contribution < 1.29 is 18.0 Å². The van der Waals surface area contributed by atoms with Gasteiger partial charge in [0.1, 0.15) is 17.8 Å². The fraction of sp³-hybridized carbons (Fsp3) is 0.500. The molecule has 5 saturated heterocycles. The van der Waals surface area contributed by atoms with Crippen LogP contribution in [0.15, 0.2) is 23.0 Å². The number of carbonyl (C=O) groups excluding carboxylic acids is 1. The highest BCUT2D eigenvalue weighted by molar-refractivity contribution is 7.22. The number of fused-ring (bicyclic) bond motifs is 5. The average Bonchev–Trinajstić information content (AvgIpc) is 4.06. The SMILES string of the molecule is C#C.C1CC1.C1CN1.F[C@@H]1CC2CCCN2C1.Nc1nc2c(-c3c(Cl)cc4c(N5CC6CCC(C5)N6C=O)nc(=O)[nH]c4c3F)ccc(F)c2s1. The molecular formula is C36H42ClF3N8O2S. The fourth-order valence-electron chi connectivity index (χ4n) is 7.20. The van der Waals surface area contributed by atoms with Crippen molar-refractivity contribution in [1.29, 1.82) is 0 Å². The molecule has 1 aliphatic carbocycles. The van der Waals surface area contributed by atoms with Gasteiger partial charge in [-0.25, -0.2) is 22.9 Å². The molecule has 4 N–H and O–H groups in total. The zero-order valence-electron chi connectivity index (χ0n) is 28.2. The van der Waals surface area contributed by atoms with Gasteiger partial charge in [-0.3, -0.25) is 9.69 Å². The maximum absolute atomic E-state index is 16.0. The molecule has 2 aromatic heterocycles. The van der Waals surface area contributed by atoms with Crippen molar-refractivity contribution in [2.24, 2.45) is 0 Å². The first kappa shape index (κ1) is 36.9. The van der Waals surface area contributed by atoms with Gasteiger partial charge in [-0.15, -0.1) is 12.8 Å². The van der Waals surface area contributed by atoms with Crippen LogP contribution < -0.4 is 21.6 Å². The maximum atomic E-state index is 16.0. The number of piperazine rings is 1. The first-order chi connectivity index (χ1) is 24.7. The second-order valence-electron chi connectivity index (χ2n) is 13.4. The van der Waals surface area contributed by atoms with Gasteiger partial charge >= 0.3 is 5.69 Å². The van der Waals surface area contributed by atoms with Gasteiger partial charge in [-0.1, -0.05) is 42.2 Å². The highest BCUT2D eigenvalue weighted by Gasteiger charge is 2.40. The highest BCUT2D eigenvalue weighted by Crippen LogP contribution is 2.42. The molecule has 1 saturated carbocycles. The summed E-state index contributed by atoms with van der Waals surface area (Å²) in [5.41, 5.74) is 5.46. The molecule has 6 aliphatic rings. The quantitative estimate of drug-likeness (QED) is 0.138. The monoisotopic (exact) mass is 742 g/mol. The van der Waals surface area contributed by atoms with Crippen molar-refractivity contribution >= 4 is 61.4 Å². The van der Waals surface area contributed by atoms with E-state index >= 15 is 4.39 Å². The number of nitrogens with two attached hydrogens (primary N) is 1. The summed E-state index contributed by atoms with van der Waals surface area (Å²) in [4.78, 5) is 40.7. The number of thiazole rings is 1. The number of amides is 1. The van der Waals surface area contributed by atoms with Crippen molar-refractivity contribution in [3.05, 3.63) is 45.3 Å². The van der Waals surface area contributed by atoms with Gasteiger partial charge in [-0.05, 0) is 56.8 Å². The van der Waals surface area contributed by atoms with Gasteiger partial charge in [0.05, 0.1) is 20.8 Å². The number of halogens is 4. The Morgan fingerprint density at radius 2 is 1.69 bits per heavy atom. The number of aromatic amines is 1. The van der Waals surface area contributed by atoms with Crippen LogP contribution in [-0.2, 0) is 4.79 Å². The topological polar surface area (TPSA) is 133 Å². The van der Waals surface area contributed by atoms with Crippen LogP contribution in [0.5, 0.6) is 0 Å². The number of nitrogens with zero attached hydrogens (tertiary/aromatic N) is 5. The lowest BCUT2D eigenvalue weighted by Gasteiger charge is -2.39. The van der Waals surface area contributed by atoms with Crippen LogP contribution >= 0.6 is 22.9 Å². The average molecular weight is 743 g/mol. The Morgan fingerprint density at radius 1 is 1.00 bits per heavy atom. The number of aromatic nitrogens is 3. The first-order valence-electron chi connectivity index (χ1n) is 17.4. The van der Waals surface area contributed by atoms with E-state index in [1.165, 1.54) is 57.3 Å². The molecular weight excluding hydrogens is 701 g/mol. The number of carbonyl (C=O) groups is 1. The Bertz CT molecular complexity index is 1920. The number of hydrogen-bond donors (Lipinski definition) is 3. The summed E-state index contributed by atoms with van der Waals surface area (Å²) in [6.07, 6.45) is 17.9. The number of benzene rings is 2. The van der Waals surface area contributed by atoms with Gasteiger partial charge in [-0.2, -0.15) is 4.98 Å². The van der Waals surface area contributed by atoms with E-state index in [0.717, 1.165) is 43.6 Å². The normalized spacial score (nSPS) is 23.9. The van der Waals surface area contributed by atoms with Gasteiger partial charge in [0.15, 0.2) is 10.9 Å². The van der Waals surface area contributed by atoms with Crippen LogP contribution in [0.1, 0.15) is 51.4 Å². The molecule has 3 unspecified atom stereocenters. The van der Waals surface area contributed by atoms with E-state index in [9.17, 15) is 18.4 Å². The molecule has 0 spiro atoms. The molecule has 7 heterocycles. The van der Waals surface area contributed by atoms with Crippen molar-refractivity contribution in [2.75, 3.05) is 49.9 Å². The van der Waals surface area contributed by atoms with Gasteiger partial charge in [0, 0.05) is 67.4 Å². The van der Waals surface area contributed by atoms with E-state index in [1.54, 1.807) is 11.0 Å². The minimum Gasteiger partial charge on any atom is -0.375 e. The van der Waals surface area contributed by atoms with Crippen LogP contribution in [0.4, 0.5) is 24.1 Å². The molecule has 15 heteroatoms. The van der Waals surface area contributed by atoms with Crippen molar-refractivity contribution in [3.8, 4) is 24.0 Å². The van der Waals surface area contributed by atoms with Gasteiger partial charge in [0.25, 0.3) is 0 Å². The third-order valence-corrected chi connectivity index (χ3v) is 10.9. The van der Waals surface area contributed by atoms with Crippen LogP contribution in [0, 0.1) is 24.5 Å². The molecule has 6 fully saturated rings. The van der Waals surface area contributed by atoms with Gasteiger partial charge < -0.3 is 25.8 Å². The molecule has 10 rings (SSSR count). The molecule has 51 heavy (non-hydrogen) atoms. The second-order valence-corrected chi connectivity index (χ2v) is 14.9. The Kier molecular flexibility index (Phi) is 11.7. The zero-order valence-corrected chi connectivity index (χ0v) is 29.8. The molecule has 4 aromatic rings. The largest absolute Gasteiger partial charge is 0.375 e. The Balaban J connectivity index is 0.000000214. The van der Waals surface area contributed by atoms with E-state index in [0.29, 0.717) is 36.9 Å².